The summed E-state index contributed by atoms with van der Waals surface area (Å²) < 4.78 is 5.59. The Morgan fingerprint density at radius 1 is 0.897 bits per heavy atom. The van der Waals surface area contributed by atoms with Crippen LogP contribution in [-0.2, 0) is 20.1 Å². The molecule has 4 saturated carbocycles. The van der Waals surface area contributed by atoms with Gasteiger partial charge < -0.3 is 9.84 Å². The van der Waals surface area contributed by atoms with E-state index in [1.807, 2.05) is 42.6 Å². The van der Waals surface area contributed by atoms with E-state index in [-0.39, 0.29) is 12.8 Å². The van der Waals surface area contributed by atoms with Crippen molar-refractivity contribution >= 4 is 39.8 Å². The number of hydrogen-bond acceptors (Lipinski definition) is 3. The van der Waals surface area contributed by atoms with Gasteiger partial charge in [0.1, 0.15) is 11.5 Å². The average molecular weight is 622 g/mol. The predicted octanol–water partition coefficient (Wildman–Crippen LogP) is 10.3. The summed E-state index contributed by atoms with van der Waals surface area (Å²) in [5.41, 5.74) is 6.24. The first kappa shape index (κ1) is 30.5. The molecule has 0 saturated heterocycles. The molecule has 0 spiro atoms. The van der Waals surface area contributed by atoms with Gasteiger partial charge in [0, 0.05) is 28.5 Å². The van der Waals surface area contributed by atoms with E-state index in [4.69, 9.17) is 37.6 Å². The van der Waals surface area contributed by atoms with Crippen LogP contribution in [0.25, 0.3) is 11.1 Å². The molecular weight excluding hydrogens is 585 g/mol. The molecule has 0 atom stereocenters. The van der Waals surface area contributed by atoms with Gasteiger partial charge in [0.05, 0.1) is 12.8 Å². The molecule has 3 nitrogen and oxygen atoms in total. The van der Waals surface area contributed by atoms with Gasteiger partial charge in [-0.1, -0.05) is 49.9 Å². The first-order valence-corrected chi connectivity index (χ1v) is 19.7. The van der Waals surface area contributed by atoms with E-state index in [2.05, 4.69) is 31.2 Å². The second-order valence-electron chi connectivity index (χ2n) is 11.1. The number of phenols is 1. The van der Waals surface area contributed by atoms with Crippen LogP contribution in [0, 0.1) is 24.7 Å². The standard InChI is InChI=1S/C31H33NO2.CH4.3ClH.Ti/c1-20-11-24(19-32-28-9-5-3-7-25(28)26-8-4-6-10-29(26)34-2)30(33)27(12-20)31-16-21-13-22(17-31)15-23(14-21)18-31;;;;;/h3-12,19,21-23,33H,13-18H2,1-2H3;1H4;3*1H;/q;;;;;+3/p-3. The van der Waals surface area contributed by atoms with Gasteiger partial charge in [-0.2, -0.15) is 0 Å². The molecule has 3 aromatic rings. The fourth-order valence-corrected chi connectivity index (χ4v) is 7.57. The third kappa shape index (κ3) is 6.71. The molecule has 39 heavy (non-hydrogen) atoms. The maximum absolute atomic E-state index is 11.5. The number of aliphatic imine (C=N–C) groups is 1. The van der Waals surface area contributed by atoms with Crippen LogP contribution in [0.1, 0.15) is 62.6 Å². The zero-order valence-electron chi connectivity index (χ0n) is 21.8. The Hall–Kier alpha value is -1.49. The molecule has 0 unspecified atom stereocenters. The molecule has 4 aliphatic rings. The fourth-order valence-electron chi connectivity index (χ4n) is 7.57. The van der Waals surface area contributed by atoms with Gasteiger partial charge in [0.2, 0.25) is 0 Å². The summed E-state index contributed by atoms with van der Waals surface area (Å²) in [4.78, 5) is 4.88. The van der Waals surface area contributed by atoms with Gasteiger partial charge in [-0.25, -0.2) is 0 Å². The number of nitrogens with zero attached hydrogens (tertiary/aromatic N) is 1. The monoisotopic (exact) mass is 620 g/mol. The van der Waals surface area contributed by atoms with Crippen LogP contribution in [-0.4, -0.2) is 18.4 Å². The minimum absolute atomic E-state index is 0. The Morgan fingerprint density at radius 3 is 2.03 bits per heavy atom. The average Bonchev–Trinajstić information content (AvgIpc) is 2.88. The van der Waals surface area contributed by atoms with E-state index in [0.717, 1.165) is 45.9 Å². The van der Waals surface area contributed by atoms with Crippen molar-refractivity contribution in [3.05, 3.63) is 77.4 Å². The number of para-hydroxylation sites is 2. The number of hydrogen-bond donors (Lipinski definition) is 1. The fraction of sp³-hybridized carbons (Fsp3) is 0.406. The number of aryl methyl sites for hydroxylation is 1. The first-order chi connectivity index (χ1) is 18.3. The van der Waals surface area contributed by atoms with Crippen molar-refractivity contribution in [2.24, 2.45) is 22.7 Å². The van der Waals surface area contributed by atoms with Gasteiger partial charge in [0.25, 0.3) is 0 Å². The predicted molar refractivity (Wildman–Crippen MR) is 163 cm³/mol. The third-order valence-corrected chi connectivity index (χ3v) is 8.54. The topological polar surface area (TPSA) is 41.8 Å². The second-order valence-corrected chi connectivity index (χ2v) is 18.9. The third-order valence-electron chi connectivity index (χ3n) is 8.54. The van der Waals surface area contributed by atoms with Crippen molar-refractivity contribution in [2.45, 2.75) is 58.3 Å². The number of halogens is 3. The quantitative estimate of drug-likeness (QED) is 0.228. The minimum atomic E-state index is -1.92. The summed E-state index contributed by atoms with van der Waals surface area (Å²) in [6, 6.07) is 20.5. The van der Waals surface area contributed by atoms with Crippen LogP contribution in [0.4, 0.5) is 5.69 Å². The molecule has 7 rings (SSSR count). The van der Waals surface area contributed by atoms with Crippen molar-refractivity contribution in [3.63, 3.8) is 0 Å². The van der Waals surface area contributed by atoms with Crippen molar-refractivity contribution in [3.8, 4) is 22.6 Å². The molecule has 0 aromatic heterocycles. The molecule has 0 aliphatic heterocycles. The van der Waals surface area contributed by atoms with E-state index >= 15 is 0 Å². The molecule has 1 N–H and O–H groups in total. The SMILES string of the molecule is C.COc1ccccc1-c1ccccc1N=Cc1cc(C)cc(C23CC4CC(CC(C4)C2)C3)c1O.[Cl][Ti]([Cl])[Cl]. The molecule has 0 heterocycles. The normalized spacial score (nSPS) is 24.6. The second kappa shape index (κ2) is 13.0. The van der Waals surface area contributed by atoms with Gasteiger partial charge in [0.15, 0.2) is 0 Å². The molecular formula is C32H37Cl3NO2Ti. The van der Waals surface area contributed by atoms with Crippen molar-refractivity contribution in [1.82, 2.24) is 0 Å². The summed E-state index contributed by atoms with van der Waals surface area (Å²) in [5.74, 6) is 3.79. The van der Waals surface area contributed by atoms with Gasteiger partial charge in [-0.15, -0.1) is 0 Å². The Kier molecular flexibility index (Phi) is 10.2. The summed E-state index contributed by atoms with van der Waals surface area (Å²) >= 11 is -1.92. The van der Waals surface area contributed by atoms with E-state index in [9.17, 15) is 5.11 Å². The van der Waals surface area contributed by atoms with Crippen LogP contribution in [0.2, 0.25) is 0 Å². The Balaban J connectivity index is 0.000000662. The van der Waals surface area contributed by atoms with Crippen molar-refractivity contribution in [1.29, 1.82) is 0 Å². The first-order valence-electron chi connectivity index (χ1n) is 13.2. The zero-order valence-corrected chi connectivity index (χ0v) is 25.6. The molecule has 4 aliphatic carbocycles. The zero-order chi connectivity index (χ0) is 26.9. The Morgan fingerprint density at radius 2 is 1.44 bits per heavy atom. The molecule has 0 amide bonds. The maximum atomic E-state index is 11.5. The Labute approximate surface area is 251 Å². The van der Waals surface area contributed by atoms with Crippen molar-refractivity contribution in [2.75, 3.05) is 7.11 Å². The van der Waals surface area contributed by atoms with Crippen LogP contribution < -0.4 is 4.74 Å². The number of benzene rings is 3. The van der Waals surface area contributed by atoms with Crippen LogP contribution in [0.3, 0.4) is 0 Å². The Bertz CT molecular complexity index is 1290. The van der Waals surface area contributed by atoms with E-state index in [1.165, 1.54) is 49.7 Å². The summed E-state index contributed by atoms with van der Waals surface area (Å²) in [5, 5.41) is 11.5. The van der Waals surface area contributed by atoms with Crippen molar-refractivity contribution < 1.29 is 24.5 Å². The van der Waals surface area contributed by atoms with E-state index in [1.54, 1.807) is 7.11 Å². The number of ether oxygens (including phenoxy) is 1. The number of rotatable bonds is 5. The van der Waals surface area contributed by atoms with E-state index in [0.29, 0.717) is 5.75 Å². The molecule has 0 radical (unpaired) electrons. The number of aromatic hydroxyl groups is 1. The van der Waals surface area contributed by atoms with Gasteiger partial charge in [-0.05, 0) is 92.4 Å². The molecule has 4 bridgehead atoms. The molecule has 7 heteroatoms. The van der Waals surface area contributed by atoms with Crippen LogP contribution in [0.5, 0.6) is 11.5 Å². The molecule has 4 fully saturated rings. The van der Waals surface area contributed by atoms with Crippen LogP contribution >= 0.6 is 27.9 Å². The van der Waals surface area contributed by atoms with Gasteiger partial charge in [-0.3, -0.25) is 4.99 Å². The van der Waals surface area contributed by atoms with Gasteiger partial charge >= 0.3 is 42.6 Å². The number of methoxy groups -OCH3 is 1. The molecule has 3 aromatic carbocycles. The summed E-state index contributed by atoms with van der Waals surface area (Å²) in [7, 11) is 16.6. The summed E-state index contributed by atoms with van der Waals surface area (Å²) in [6.45, 7) is 2.14. The van der Waals surface area contributed by atoms with Crippen LogP contribution in [0.15, 0.2) is 65.7 Å². The number of phenolic OH excluding ortho intramolecular Hbond substituents is 1. The summed E-state index contributed by atoms with van der Waals surface area (Å²) in [6.07, 6.45) is 9.77. The van der Waals surface area contributed by atoms with E-state index < -0.39 is 14.7 Å². The molecule has 207 valence electrons.